The Kier molecular flexibility index (Phi) is 6.16. The van der Waals surface area contributed by atoms with Crippen molar-refractivity contribution in [3.8, 4) is 11.6 Å². The van der Waals surface area contributed by atoms with E-state index in [1.807, 2.05) is 0 Å². The molecular formula is C20H14F3N3O5S. The predicted molar refractivity (Wildman–Crippen MR) is 107 cm³/mol. The summed E-state index contributed by atoms with van der Waals surface area (Å²) in [6.45, 7) is 0. The lowest BCUT2D eigenvalue weighted by atomic mass is 10.2. The number of pyridine rings is 1. The van der Waals surface area contributed by atoms with Gasteiger partial charge in [0.05, 0.1) is 16.8 Å². The van der Waals surface area contributed by atoms with Crippen LogP contribution >= 0.6 is 0 Å². The first kappa shape index (κ1) is 22.7. The molecule has 3 rings (SSSR count). The molecule has 2 aromatic carbocycles. The van der Waals surface area contributed by atoms with Crippen LogP contribution in [0.3, 0.4) is 0 Å². The molecule has 166 valence electrons. The van der Waals surface area contributed by atoms with Gasteiger partial charge in [0.15, 0.2) is 0 Å². The summed E-state index contributed by atoms with van der Waals surface area (Å²) in [7, 11) is -5.50. The van der Waals surface area contributed by atoms with E-state index in [1.54, 1.807) is 12.1 Å². The smallest absolute Gasteiger partial charge is 0.439 e. The van der Waals surface area contributed by atoms with Gasteiger partial charge in [0, 0.05) is 17.2 Å². The third-order valence-electron chi connectivity index (χ3n) is 4.07. The average Bonchev–Trinajstić information content (AvgIpc) is 2.74. The summed E-state index contributed by atoms with van der Waals surface area (Å²) < 4.78 is 66.0. The second kappa shape index (κ2) is 8.67. The number of nitrogens with two attached hydrogens (primary N) is 1. The summed E-state index contributed by atoms with van der Waals surface area (Å²) in [5, 5.41) is 2.47. The standard InChI is InChI=1S/C20H14F3N3O5S/c21-20(22,23)32(29,30)16-7-4-12(5-8-16)19(28)26-14-6-9-17(25-11-14)31-15-3-1-2-13(10-15)18(24)27/h1-11H,(H2,24,27)(H,26,28). The number of carbonyl (C=O) groups is 2. The third-order valence-corrected chi connectivity index (χ3v) is 5.57. The van der Waals surface area contributed by atoms with Crippen molar-refractivity contribution in [1.82, 2.24) is 4.98 Å². The van der Waals surface area contributed by atoms with Crippen molar-refractivity contribution in [2.75, 3.05) is 5.32 Å². The van der Waals surface area contributed by atoms with E-state index in [0.29, 0.717) is 17.9 Å². The number of ether oxygens (including phenoxy) is 1. The molecule has 1 heterocycles. The zero-order valence-corrected chi connectivity index (χ0v) is 16.8. The van der Waals surface area contributed by atoms with E-state index in [0.717, 1.165) is 12.1 Å². The first-order valence-electron chi connectivity index (χ1n) is 8.74. The van der Waals surface area contributed by atoms with E-state index in [1.165, 1.54) is 30.5 Å². The second-order valence-electron chi connectivity index (χ2n) is 6.31. The Bertz CT molecular complexity index is 1260. The number of halogens is 3. The number of nitrogens with zero attached hydrogens (tertiary/aromatic N) is 1. The van der Waals surface area contributed by atoms with E-state index in [9.17, 15) is 31.2 Å². The summed E-state index contributed by atoms with van der Waals surface area (Å²) >= 11 is 0. The van der Waals surface area contributed by atoms with Crippen molar-refractivity contribution < 1.29 is 35.9 Å². The lowest BCUT2D eigenvalue weighted by molar-refractivity contribution is -0.0436. The van der Waals surface area contributed by atoms with Crippen LogP contribution in [0.2, 0.25) is 0 Å². The fourth-order valence-corrected chi connectivity index (χ4v) is 3.23. The van der Waals surface area contributed by atoms with Crippen molar-refractivity contribution in [1.29, 1.82) is 0 Å². The van der Waals surface area contributed by atoms with Gasteiger partial charge in [0.25, 0.3) is 15.7 Å². The number of carbonyl (C=O) groups excluding carboxylic acids is 2. The normalized spacial score (nSPS) is 11.6. The highest BCUT2D eigenvalue weighted by Gasteiger charge is 2.46. The summed E-state index contributed by atoms with van der Waals surface area (Å²) in [6, 6.07) is 12.3. The SMILES string of the molecule is NC(=O)c1cccc(Oc2ccc(NC(=O)c3ccc(S(=O)(=O)C(F)(F)F)cc3)cn2)c1. The number of aromatic nitrogens is 1. The van der Waals surface area contributed by atoms with Crippen LogP contribution in [0.5, 0.6) is 11.6 Å². The van der Waals surface area contributed by atoms with Gasteiger partial charge < -0.3 is 15.8 Å². The van der Waals surface area contributed by atoms with E-state index < -0.39 is 32.1 Å². The molecule has 0 unspecified atom stereocenters. The molecule has 0 aliphatic heterocycles. The number of alkyl halides is 3. The average molecular weight is 465 g/mol. The monoisotopic (exact) mass is 465 g/mol. The Balaban J connectivity index is 1.67. The maximum Gasteiger partial charge on any atom is 0.501 e. The molecule has 32 heavy (non-hydrogen) atoms. The van der Waals surface area contributed by atoms with Crippen molar-refractivity contribution in [2.45, 2.75) is 10.4 Å². The number of anilines is 1. The van der Waals surface area contributed by atoms with Gasteiger partial charge in [-0.25, -0.2) is 13.4 Å². The zero-order chi connectivity index (χ0) is 23.5. The van der Waals surface area contributed by atoms with Crippen LogP contribution in [0, 0.1) is 0 Å². The van der Waals surface area contributed by atoms with Gasteiger partial charge in [-0.3, -0.25) is 9.59 Å². The molecule has 0 radical (unpaired) electrons. The molecule has 0 saturated carbocycles. The van der Waals surface area contributed by atoms with Gasteiger partial charge in [-0.15, -0.1) is 0 Å². The second-order valence-corrected chi connectivity index (χ2v) is 8.25. The Morgan fingerprint density at radius 1 is 0.969 bits per heavy atom. The highest BCUT2D eigenvalue weighted by atomic mass is 32.2. The van der Waals surface area contributed by atoms with Crippen molar-refractivity contribution in [2.24, 2.45) is 5.73 Å². The summed E-state index contributed by atoms with van der Waals surface area (Å²) in [5.74, 6) is -0.832. The number of primary amides is 1. The van der Waals surface area contributed by atoms with Crippen molar-refractivity contribution in [3.05, 3.63) is 78.0 Å². The van der Waals surface area contributed by atoms with Crippen LogP contribution in [-0.4, -0.2) is 30.7 Å². The van der Waals surface area contributed by atoms with Gasteiger partial charge in [-0.05, 0) is 48.5 Å². The highest BCUT2D eigenvalue weighted by molar-refractivity contribution is 7.92. The number of hydrogen-bond acceptors (Lipinski definition) is 6. The van der Waals surface area contributed by atoms with Crippen molar-refractivity contribution >= 4 is 27.3 Å². The number of rotatable bonds is 6. The van der Waals surface area contributed by atoms with Crippen molar-refractivity contribution in [3.63, 3.8) is 0 Å². The van der Waals surface area contributed by atoms with Gasteiger partial charge in [-0.1, -0.05) is 6.07 Å². The molecule has 1 aromatic heterocycles. The molecule has 0 fully saturated rings. The van der Waals surface area contributed by atoms with Gasteiger partial charge in [0.1, 0.15) is 5.75 Å². The summed E-state index contributed by atoms with van der Waals surface area (Å²) in [6.07, 6.45) is 1.27. The minimum absolute atomic E-state index is 0.0604. The molecule has 0 spiro atoms. The molecule has 3 aromatic rings. The number of sulfone groups is 1. The summed E-state index contributed by atoms with van der Waals surface area (Å²) in [4.78, 5) is 26.5. The van der Waals surface area contributed by atoms with Crippen LogP contribution in [0.4, 0.5) is 18.9 Å². The predicted octanol–water partition coefficient (Wildman–Crippen LogP) is 3.52. The van der Waals surface area contributed by atoms with E-state index in [-0.39, 0.29) is 22.7 Å². The third kappa shape index (κ3) is 5.03. The quantitative estimate of drug-likeness (QED) is 0.573. The van der Waals surface area contributed by atoms with E-state index in [2.05, 4.69) is 10.3 Å². The Morgan fingerprint density at radius 2 is 1.66 bits per heavy atom. The fourth-order valence-electron chi connectivity index (χ4n) is 2.47. The topological polar surface area (TPSA) is 128 Å². The van der Waals surface area contributed by atoms with Crippen LogP contribution < -0.4 is 15.8 Å². The largest absolute Gasteiger partial charge is 0.501 e. The van der Waals surface area contributed by atoms with Gasteiger partial charge in [-0.2, -0.15) is 13.2 Å². The minimum Gasteiger partial charge on any atom is -0.439 e. The van der Waals surface area contributed by atoms with Gasteiger partial charge in [0.2, 0.25) is 11.8 Å². The maximum atomic E-state index is 12.6. The Morgan fingerprint density at radius 3 is 2.22 bits per heavy atom. The Hall–Kier alpha value is -3.93. The molecular weight excluding hydrogens is 451 g/mol. The minimum atomic E-state index is -5.50. The molecule has 3 N–H and O–H groups in total. The number of nitrogens with one attached hydrogen (secondary N) is 1. The maximum absolute atomic E-state index is 12.6. The van der Waals surface area contributed by atoms with E-state index >= 15 is 0 Å². The van der Waals surface area contributed by atoms with Gasteiger partial charge >= 0.3 is 5.51 Å². The zero-order valence-electron chi connectivity index (χ0n) is 16.0. The molecule has 0 atom stereocenters. The molecule has 2 amide bonds. The number of hydrogen-bond donors (Lipinski definition) is 2. The number of amides is 2. The Labute approximate surface area is 179 Å². The lowest BCUT2D eigenvalue weighted by Gasteiger charge is -2.09. The molecule has 0 aliphatic carbocycles. The number of benzene rings is 2. The van der Waals surface area contributed by atoms with Crippen LogP contribution in [0.25, 0.3) is 0 Å². The highest BCUT2D eigenvalue weighted by Crippen LogP contribution is 2.30. The van der Waals surface area contributed by atoms with Crippen LogP contribution in [0.15, 0.2) is 71.8 Å². The molecule has 8 nitrogen and oxygen atoms in total. The fraction of sp³-hybridized carbons (Fsp3) is 0.0500. The molecule has 0 saturated heterocycles. The molecule has 0 aliphatic rings. The van der Waals surface area contributed by atoms with E-state index in [4.69, 9.17) is 10.5 Å². The van der Waals surface area contributed by atoms with Crippen LogP contribution in [0.1, 0.15) is 20.7 Å². The first-order chi connectivity index (χ1) is 15.0. The first-order valence-corrected chi connectivity index (χ1v) is 10.2. The molecule has 12 heteroatoms. The molecule has 0 bridgehead atoms. The summed E-state index contributed by atoms with van der Waals surface area (Å²) in [5.41, 5.74) is 0.212. The van der Waals surface area contributed by atoms with Crippen LogP contribution in [-0.2, 0) is 9.84 Å². The lowest BCUT2D eigenvalue weighted by Crippen LogP contribution is -2.23.